The van der Waals surface area contributed by atoms with Crippen LogP contribution in [0, 0.1) is 0 Å². The van der Waals surface area contributed by atoms with Crippen molar-refractivity contribution in [1.82, 2.24) is 5.32 Å². The number of phosphoric ester groups is 1. The fourth-order valence-electron chi connectivity index (χ4n) is 9.10. The summed E-state index contributed by atoms with van der Waals surface area (Å²) >= 11 is 0. The monoisotopic (exact) mass is 1190 g/mol. The van der Waals surface area contributed by atoms with Crippen LogP contribution < -0.4 is 10.2 Å². The molecule has 0 aromatic rings. The van der Waals surface area contributed by atoms with Gasteiger partial charge in [0.05, 0.1) is 33.8 Å². The van der Waals surface area contributed by atoms with Crippen molar-refractivity contribution < 1.29 is 37.3 Å². The molecule has 10 heteroatoms. The summed E-state index contributed by atoms with van der Waals surface area (Å²) < 4.78 is 30.4. The summed E-state index contributed by atoms with van der Waals surface area (Å²) in [5.74, 6) is -0.593. The second-order valence-corrected chi connectivity index (χ2v) is 25.0. The third-order valence-corrected chi connectivity index (χ3v) is 15.3. The van der Waals surface area contributed by atoms with E-state index in [0.717, 1.165) is 122 Å². The molecule has 0 aliphatic heterocycles. The lowest BCUT2D eigenvalue weighted by atomic mass is 10.0. The van der Waals surface area contributed by atoms with Crippen molar-refractivity contribution >= 4 is 19.7 Å². The fourth-order valence-corrected chi connectivity index (χ4v) is 9.82. The number of hydrogen-bond acceptors (Lipinski definition) is 7. The zero-order valence-corrected chi connectivity index (χ0v) is 55.7. The number of rotatable bonds is 60. The quantitative estimate of drug-likeness (QED) is 0.0212. The maximum atomic E-state index is 13.6. The number of nitrogens with one attached hydrogen (secondary N) is 1. The second-order valence-electron chi connectivity index (χ2n) is 23.6. The Balaban J connectivity index is 5.20. The van der Waals surface area contributed by atoms with Crippen molar-refractivity contribution in [2.45, 2.75) is 283 Å². The Hall–Kier alpha value is -3.85. The van der Waals surface area contributed by atoms with Crippen LogP contribution in [0.5, 0.6) is 0 Å². The summed E-state index contributed by atoms with van der Waals surface area (Å²) in [4.78, 5) is 40.1. The van der Waals surface area contributed by atoms with Gasteiger partial charge in [-0.25, -0.2) is 0 Å². The number of nitrogens with zero attached hydrogens (tertiary/aromatic N) is 1. The number of phosphoric acid groups is 1. The third-order valence-electron chi connectivity index (χ3n) is 14.3. The molecule has 0 aromatic heterocycles. The first-order chi connectivity index (χ1) is 40.9. The molecule has 0 saturated heterocycles. The highest BCUT2D eigenvalue weighted by Gasteiger charge is 2.27. The lowest BCUT2D eigenvalue weighted by Crippen LogP contribution is -2.47. The van der Waals surface area contributed by atoms with Crippen molar-refractivity contribution in [2.24, 2.45) is 0 Å². The Bertz CT molecular complexity index is 1900. The molecule has 3 unspecified atom stereocenters. The van der Waals surface area contributed by atoms with Gasteiger partial charge in [-0.3, -0.25) is 14.2 Å². The smallest absolute Gasteiger partial charge is 0.306 e. The molecule has 3 atom stereocenters. The zero-order chi connectivity index (χ0) is 61.4. The number of esters is 1. The van der Waals surface area contributed by atoms with E-state index >= 15 is 0 Å². The van der Waals surface area contributed by atoms with Crippen LogP contribution >= 0.6 is 7.82 Å². The van der Waals surface area contributed by atoms with Crippen molar-refractivity contribution in [3.8, 4) is 0 Å². The van der Waals surface area contributed by atoms with Crippen LogP contribution in [0.1, 0.15) is 271 Å². The molecule has 0 rings (SSSR count). The van der Waals surface area contributed by atoms with Gasteiger partial charge in [-0.1, -0.05) is 264 Å². The summed E-state index contributed by atoms with van der Waals surface area (Å²) in [6.07, 6.45) is 88.5. The summed E-state index contributed by atoms with van der Waals surface area (Å²) in [7, 11) is 1.14. The summed E-state index contributed by atoms with van der Waals surface area (Å²) in [5.41, 5.74) is 0. The molecule has 0 radical (unpaired) electrons. The third kappa shape index (κ3) is 62.7. The molecule has 0 fully saturated rings. The number of unbranched alkanes of at least 4 members (excludes halogenated alkanes) is 24. The maximum absolute atomic E-state index is 13.6. The highest BCUT2D eigenvalue weighted by Crippen LogP contribution is 2.38. The van der Waals surface area contributed by atoms with Gasteiger partial charge in [0.2, 0.25) is 5.91 Å². The molecular formula is C74H127N2O7P. The van der Waals surface area contributed by atoms with E-state index in [2.05, 4.69) is 148 Å². The highest BCUT2D eigenvalue weighted by molar-refractivity contribution is 7.45. The van der Waals surface area contributed by atoms with E-state index in [1.807, 2.05) is 33.3 Å². The van der Waals surface area contributed by atoms with E-state index in [1.54, 1.807) is 0 Å². The molecule has 1 amide bonds. The van der Waals surface area contributed by atoms with Gasteiger partial charge >= 0.3 is 5.97 Å². The van der Waals surface area contributed by atoms with E-state index in [9.17, 15) is 19.0 Å². The number of amides is 1. The Kier molecular flexibility index (Phi) is 59.4. The normalized spacial score (nSPS) is 14.4. The van der Waals surface area contributed by atoms with Crippen LogP contribution in [0.15, 0.2) is 134 Å². The fraction of sp³-hybridized carbons (Fsp3) is 0.676. The second kappa shape index (κ2) is 62.2. The molecule has 0 bridgehead atoms. The van der Waals surface area contributed by atoms with Crippen molar-refractivity contribution in [1.29, 1.82) is 0 Å². The average Bonchev–Trinajstić information content (AvgIpc) is 3.65. The minimum Gasteiger partial charge on any atom is -0.756 e. The minimum absolute atomic E-state index is 0.0371. The van der Waals surface area contributed by atoms with Crippen LogP contribution in [0.3, 0.4) is 0 Å². The molecule has 0 spiro atoms. The zero-order valence-electron chi connectivity index (χ0n) is 54.8. The first kappa shape index (κ1) is 80.2. The SMILES string of the molecule is CC/C=C\C/C=C\C/C=C\C/C=C\C/C=C\C/C=C\CCCCCCCCCCC(=O)OC(/C=C\CCCCCCCCCCCC)C(COP(=O)([O-])OCC[N+](C)(C)C)NC(=O)CCCCC/C=C\C/C=C\C/C=C\C/C=C\CCCCC. The molecule has 9 nitrogen and oxygen atoms in total. The van der Waals surface area contributed by atoms with E-state index in [1.165, 1.54) is 103 Å². The summed E-state index contributed by atoms with van der Waals surface area (Å²) in [5, 5.41) is 3.01. The van der Waals surface area contributed by atoms with Gasteiger partial charge in [-0.05, 0) is 128 Å². The van der Waals surface area contributed by atoms with Crippen LogP contribution in [0.25, 0.3) is 0 Å². The molecule has 480 valence electrons. The molecule has 0 aliphatic rings. The molecule has 0 aliphatic carbocycles. The van der Waals surface area contributed by atoms with Crippen LogP contribution in [-0.2, 0) is 27.9 Å². The molecule has 1 N–H and O–H groups in total. The largest absolute Gasteiger partial charge is 0.756 e. The number of likely N-dealkylation sites (N-methyl/N-ethyl adjacent to an activating group) is 1. The van der Waals surface area contributed by atoms with Gasteiger partial charge in [-0.15, -0.1) is 0 Å². The maximum Gasteiger partial charge on any atom is 0.306 e. The average molecular weight is 1190 g/mol. The number of ether oxygens (including phenoxy) is 1. The van der Waals surface area contributed by atoms with Crippen molar-refractivity contribution in [3.63, 3.8) is 0 Å². The van der Waals surface area contributed by atoms with Gasteiger partial charge in [0.15, 0.2) is 0 Å². The van der Waals surface area contributed by atoms with Gasteiger partial charge in [0.25, 0.3) is 7.82 Å². The van der Waals surface area contributed by atoms with Crippen LogP contribution in [-0.4, -0.2) is 69.4 Å². The van der Waals surface area contributed by atoms with E-state index in [-0.39, 0.29) is 31.3 Å². The first-order valence-corrected chi connectivity index (χ1v) is 35.5. The summed E-state index contributed by atoms with van der Waals surface area (Å²) in [6, 6.07) is -0.919. The number of allylic oxidation sites excluding steroid dienone is 21. The van der Waals surface area contributed by atoms with E-state index < -0.39 is 26.6 Å². The molecule has 84 heavy (non-hydrogen) atoms. The standard InChI is InChI=1S/C74H127N2O7P/c1-7-10-13-16-19-22-25-28-30-32-34-35-36-37-38-39-40-41-43-45-47-49-52-55-58-61-64-67-74(78)83-72(65-62-59-56-53-50-27-24-21-18-15-12-9-3)71(70-82-84(79,80)81-69-68-76(4,5)6)75-73(77)66-63-60-57-54-51-48-46-44-42-33-31-29-26-23-20-17-14-11-8-2/h10,13,19-20,22-23,28-31,34-35,37-38,40-42,44,48,51,62,65,71-72H,7-9,11-12,14-18,21,24-27,32-33,36,39,43,45-47,49-50,52-61,63-64,66-70H2,1-6H3,(H-,75,77,79,80)/b13-10-,22-19-,23-20-,30-28-,31-29-,35-34-,38-37-,41-40-,44-42-,51-48-,65-62-. The first-order valence-electron chi connectivity index (χ1n) is 34.0. The predicted molar refractivity (Wildman–Crippen MR) is 362 cm³/mol. The lowest BCUT2D eigenvalue weighted by molar-refractivity contribution is -0.870. The van der Waals surface area contributed by atoms with Gasteiger partial charge in [0.1, 0.15) is 19.3 Å². The predicted octanol–water partition coefficient (Wildman–Crippen LogP) is 21.0. The topological polar surface area (TPSA) is 114 Å². The number of carbonyl (C=O) groups excluding carboxylic acids is 2. The van der Waals surface area contributed by atoms with Crippen LogP contribution in [0.4, 0.5) is 0 Å². The summed E-state index contributed by atoms with van der Waals surface area (Å²) in [6.45, 7) is 6.66. The van der Waals surface area contributed by atoms with E-state index in [4.69, 9.17) is 13.8 Å². The van der Waals surface area contributed by atoms with Crippen molar-refractivity contribution in [2.75, 3.05) is 40.9 Å². The Morgan fingerprint density at radius 3 is 1.18 bits per heavy atom. The van der Waals surface area contributed by atoms with Gasteiger partial charge < -0.3 is 28.5 Å². The van der Waals surface area contributed by atoms with Crippen molar-refractivity contribution in [3.05, 3.63) is 134 Å². The van der Waals surface area contributed by atoms with Crippen LogP contribution in [0.2, 0.25) is 0 Å². The number of carbonyl (C=O) groups is 2. The molecule has 0 aromatic carbocycles. The van der Waals surface area contributed by atoms with Gasteiger partial charge in [0, 0.05) is 12.8 Å². The molecular weight excluding hydrogens is 1060 g/mol. The highest BCUT2D eigenvalue weighted by atomic mass is 31.2. The number of quaternary nitrogens is 1. The molecule has 0 saturated carbocycles. The lowest BCUT2D eigenvalue weighted by Gasteiger charge is -2.30. The van der Waals surface area contributed by atoms with Gasteiger partial charge in [-0.2, -0.15) is 0 Å². The Labute approximate surface area is 517 Å². The minimum atomic E-state index is -4.72. The Morgan fingerprint density at radius 1 is 0.429 bits per heavy atom. The Morgan fingerprint density at radius 2 is 0.762 bits per heavy atom. The van der Waals surface area contributed by atoms with E-state index in [0.29, 0.717) is 23.9 Å². The number of hydrogen-bond donors (Lipinski definition) is 1. The molecule has 0 heterocycles.